The standard InChI is InChI=1S/C25H26F4N4O4.C2HF3O2/c1-13-8-18-21(23(34)30-12-25(2,10-19(28)29)31-24(35)36)22(14-6-7-14)32-33(18)20(9-13)37-11-15-16(26)4-3-5-17(15)27;3-2(4,5)1(6)7/h3-5,8-9,14,19,31H,6-7,10-12H2,1-2H3,(H,30,34)(H,35,36);(H,6,7). The highest BCUT2D eigenvalue weighted by Crippen LogP contribution is 2.42. The van der Waals surface area contributed by atoms with Crippen LogP contribution in [0.25, 0.3) is 5.52 Å². The van der Waals surface area contributed by atoms with Crippen LogP contribution in [-0.4, -0.2) is 62.5 Å². The molecule has 10 nitrogen and oxygen atoms in total. The number of halogens is 7. The lowest BCUT2D eigenvalue weighted by atomic mass is 9.97. The Labute approximate surface area is 244 Å². The Kier molecular flexibility index (Phi) is 10.3. The Hall–Kier alpha value is -4.57. The maximum absolute atomic E-state index is 14.1. The molecule has 3 aromatic rings. The summed E-state index contributed by atoms with van der Waals surface area (Å²) in [5.41, 5.74) is -0.122. The predicted octanol–water partition coefficient (Wildman–Crippen LogP) is 5.42. The van der Waals surface area contributed by atoms with E-state index in [0.717, 1.165) is 25.0 Å². The minimum Gasteiger partial charge on any atom is -0.475 e. The fraction of sp³-hybridized carbons (Fsp3) is 0.407. The number of aliphatic carboxylic acids is 1. The van der Waals surface area contributed by atoms with Gasteiger partial charge in [-0.05, 0) is 50.5 Å². The Morgan fingerprint density at radius 3 is 2.20 bits per heavy atom. The van der Waals surface area contributed by atoms with Crippen LogP contribution in [0.1, 0.15) is 59.3 Å². The number of amides is 2. The summed E-state index contributed by atoms with van der Waals surface area (Å²) in [5, 5.41) is 25.4. The summed E-state index contributed by atoms with van der Waals surface area (Å²) in [6.07, 6.45) is -8.58. The maximum Gasteiger partial charge on any atom is 0.490 e. The van der Waals surface area contributed by atoms with Gasteiger partial charge >= 0.3 is 18.2 Å². The van der Waals surface area contributed by atoms with E-state index in [2.05, 4.69) is 15.7 Å². The number of carboxylic acid groups (broad SMARTS) is 2. The average Bonchev–Trinajstić information content (AvgIpc) is 3.66. The largest absolute Gasteiger partial charge is 0.490 e. The predicted molar refractivity (Wildman–Crippen MR) is 139 cm³/mol. The van der Waals surface area contributed by atoms with Crippen LogP contribution < -0.4 is 15.4 Å². The van der Waals surface area contributed by atoms with Gasteiger partial charge in [-0.3, -0.25) is 4.79 Å². The molecule has 2 aromatic heterocycles. The second kappa shape index (κ2) is 13.4. The number of alkyl halides is 5. The fourth-order valence-corrected chi connectivity index (χ4v) is 4.19. The minimum absolute atomic E-state index is 0.00223. The van der Waals surface area contributed by atoms with Gasteiger partial charge in [-0.15, -0.1) is 0 Å². The molecule has 2 heterocycles. The van der Waals surface area contributed by atoms with Crippen molar-refractivity contribution in [3.8, 4) is 5.88 Å². The number of rotatable bonds is 10. The average molecular weight is 637 g/mol. The van der Waals surface area contributed by atoms with Crippen LogP contribution in [0.15, 0.2) is 30.3 Å². The van der Waals surface area contributed by atoms with E-state index in [0.29, 0.717) is 16.8 Å². The molecule has 44 heavy (non-hydrogen) atoms. The highest BCUT2D eigenvalue weighted by Gasteiger charge is 2.38. The molecule has 1 atom stereocenters. The number of aryl methyl sites for hydroxylation is 1. The third-order valence-corrected chi connectivity index (χ3v) is 6.38. The number of hydrogen-bond donors (Lipinski definition) is 4. The first-order valence-electron chi connectivity index (χ1n) is 12.9. The molecule has 1 aliphatic carbocycles. The molecule has 0 radical (unpaired) electrons. The third-order valence-electron chi connectivity index (χ3n) is 6.38. The summed E-state index contributed by atoms with van der Waals surface area (Å²) in [6.45, 7) is 2.23. The summed E-state index contributed by atoms with van der Waals surface area (Å²) < 4.78 is 93.2. The van der Waals surface area contributed by atoms with Crippen LogP contribution in [0.3, 0.4) is 0 Å². The molecule has 1 fully saturated rings. The number of nitrogens with one attached hydrogen (secondary N) is 2. The van der Waals surface area contributed by atoms with Crippen molar-refractivity contribution in [2.24, 2.45) is 0 Å². The van der Waals surface area contributed by atoms with Gasteiger partial charge in [-0.2, -0.15) is 22.8 Å². The highest BCUT2D eigenvalue weighted by molar-refractivity contribution is 6.02. The number of pyridine rings is 1. The van der Waals surface area contributed by atoms with E-state index in [-0.39, 0.29) is 29.5 Å². The van der Waals surface area contributed by atoms with Gasteiger partial charge in [-0.1, -0.05) is 6.07 Å². The van der Waals surface area contributed by atoms with Gasteiger partial charge in [0.05, 0.1) is 27.9 Å². The second-order valence-electron chi connectivity index (χ2n) is 10.3. The first-order chi connectivity index (χ1) is 20.4. The summed E-state index contributed by atoms with van der Waals surface area (Å²) >= 11 is 0. The number of benzene rings is 1. The fourth-order valence-electron chi connectivity index (χ4n) is 4.19. The van der Waals surface area contributed by atoms with Gasteiger partial charge in [-0.25, -0.2) is 27.2 Å². The summed E-state index contributed by atoms with van der Waals surface area (Å²) in [4.78, 5) is 33.3. The molecule has 2 amide bonds. The van der Waals surface area contributed by atoms with E-state index >= 15 is 0 Å². The van der Waals surface area contributed by atoms with Crippen molar-refractivity contribution in [2.45, 2.75) is 63.8 Å². The Morgan fingerprint density at radius 1 is 1.11 bits per heavy atom. The van der Waals surface area contributed by atoms with Crippen molar-refractivity contribution in [1.29, 1.82) is 0 Å². The van der Waals surface area contributed by atoms with Crippen molar-refractivity contribution >= 4 is 23.5 Å². The van der Waals surface area contributed by atoms with Crippen LogP contribution in [-0.2, 0) is 11.4 Å². The van der Waals surface area contributed by atoms with Crippen molar-refractivity contribution in [2.75, 3.05) is 6.54 Å². The minimum atomic E-state index is -5.08. The van der Waals surface area contributed by atoms with E-state index in [1.807, 2.05) is 0 Å². The molecular formula is C27H27F7N4O6. The van der Waals surface area contributed by atoms with Crippen molar-refractivity contribution < 1.29 is 60.1 Å². The number of ether oxygens (including phenoxy) is 1. The molecule has 0 saturated heterocycles. The van der Waals surface area contributed by atoms with Gasteiger partial charge in [0.1, 0.15) is 18.2 Å². The highest BCUT2D eigenvalue weighted by atomic mass is 19.4. The van der Waals surface area contributed by atoms with Gasteiger partial charge < -0.3 is 25.6 Å². The van der Waals surface area contributed by atoms with Crippen molar-refractivity contribution in [3.63, 3.8) is 0 Å². The number of hydrogen-bond acceptors (Lipinski definition) is 5. The number of fused-ring (bicyclic) bond motifs is 1. The molecule has 0 aliphatic heterocycles. The first kappa shape index (κ1) is 33.9. The number of carbonyl (C=O) groups excluding carboxylic acids is 1. The SMILES string of the molecule is Cc1cc(OCc2c(F)cccc2F)n2nc(C3CC3)c(C(=O)NCC(C)(CC(F)F)NC(=O)O)c2c1.O=C(O)C(F)(F)F. The van der Waals surface area contributed by atoms with E-state index in [1.54, 1.807) is 19.1 Å². The van der Waals surface area contributed by atoms with E-state index < -0.39 is 60.8 Å². The van der Waals surface area contributed by atoms with Gasteiger partial charge in [0.25, 0.3) is 5.91 Å². The lowest BCUT2D eigenvalue weighted by molar-refractivity contribution is -0.192. The zero-order chi connectivity index (χ0) is 33.0. The van der Waals surface area contributed by atoms with E-state index in [1.165, 1.54) is 17.5 Å². The van der Waals surface area contributed by atoms with Crippen LogP contribution in [0.2, 0.25) is 0 Å². The lowest BCUT2D eigenvalue weighted by Gasteiger charge is -2.29. The number of carboxylic acids is 1. The monoisotopic (exact) mass is 636 g/mol. The topological polar surface area (TPSA) is 142 Å². The van der Waals surface area contributed by atoms with Crippen LogP contribution >= 0.6 is 0 Å². The molecule has 1 aliphatic rings. The smallest absolute Gasteiger partial charge is 0.475 e. The quantitative estimate of drug-likeness (QED) is 0.218. The Bertz CT molecular complexity index is 1520. The zero-order valence-corrected chi connectivity index (χ0v) is 23.1. The maximum atomic E-state index is 14.1. The van der Waals surface area contributed by atoms with Crippen molar-refractivity contribution in [1.82, 2.24) is 20.2 Å². The summed E-state index contributed by atoms with van der Waals surface area (Å²) in [5.74, 6) is -4.72. The molecular weight excluding hydrogens is 609 g/mol. The van der Waals surface area contributed by atoms with Crippen LogP contribution in [0.4, 0.5) is 35.5 Å². The van der Waals surface area contributed by atoms with Gasteiger partial charge in [0.2, 0.25) is 12.3 Å². The van der Waals surface area contributed by atoms with E-state index in [4.69, 9.17) is 19.7 Å². The van der Waals surface area contributed by atoms with Gasteiger partial charge in [0.15, 0.2) is 0 Å². The van der Waals surface area contributed by atoms with E-state index in [9.17, 15) is 40.3 Å². The molecule has 240 valence electrons. The zero-order valence-electron chi connectivity index (χ0n) is 23.1. The molecule has 4 N–H and O–H groups in total. The Morgan fingerprint density at radius 2 is 1.70 bits per heavy atom. The summed E-state index contributed by atoms with van der Waals surface area (Å²) in [6, 6.07) is 6.80. The third kappa shape index (κ3) is 8.73. The molecule has 4 rings (SSSR count). The molecule has 0 spiro atoms. The molecule has 1 saturated carbocycles. The molecule has 1 unspecified atom stereocenters. The molecule has 0 bridgehead atoms. The molecule has 1 aromatic carbocycles. The lowest BCUT2D eigenvalue weighted by Crippen LogP contribution is -2.54. The van der Waals surface area contributed by atoms with Crippen LogP contribution in [0.5, 0.6) is 5.88 Å². The first-order valence-corrected chi connectivity index (χ1v) is 12.9. The second-order valence-corrected chi connectivity index (χ2v) is 10.3. The van der Waals surface area contributed by atoms with Crippen molar-refractivity contribution in [3.05, 3.63) is 64.4 Å². The normalized spacial score (nSPS) is 14.4. The van der Waals surface area contributed by atoms with Crippen LogP contribution in [0, 0.1) is 18.6 Å². The Balaban J connectivity index is 0.000000676. The number of carbonyl (C=O) groups is 3. The number of nitrogens with zero attached hydrogens (tertiary/aromatic N) is 2. The molecule has 17 heteroatoms. The number of aromatic nitrogens is 2. The summed E-state index contributed by atoms with van der Waals surface area (Å²) in [7, 11) is 0. The van der Waals surface area contributed by atoms with Gasteiger partial charge in [0, 0.05) is 24.9 Å².